The van der Waals surface area contributed by atoms with Gasteiger partial charge >= 0.3 is 0 Å². The van der Waals surface area contributed by atoms with Crippen LogP contribution in [0.2, 0.25) is 5.02 Å². The van der Waals surface area contributed by atoms with E-state index in [0.717, 1.165) is 16.9 Å². The first-order valence-electron chi connectivity index (χ1n) is 9.07. The molecule has 9 heteroatoms. The van der Waals surface area contributed by atoms with Crippen molar-refractivity contribution in [2.45, 2.75) is 25.9 Å². The third-order valence-electron chi connectivity index (χ3n) is 4.55. The summed E-state index contributed by atoms with van der Waals surface area (Å²) in [5.41, 5.74) is 2.50. The summed E-state index contributed by atoms with van der Waals surface area (Å²) in [7, 11) is 1.56. The van der Waals surface area contributed by atoms with Crippen LogP contribution in [0, 0.1) is 5.92 Å². The lowest BCUT2D eigenvalue weighted by molar-refractivity contribution is -0.124. The topological polar surface area (TPSA) is 108 Å². The highest BCUT2D eigenvalue weighted by atomic mass is 35.5. The first kappa shape index (κ1) is 20.2. The van der Waals surface area contributed by atoms with Crippen molar-refractivity contribution in [2.24, 2.45) is 5.92 Å². The molecule has 4 N–H and O–H groups in total. The fourth-order valence-electron chi connectivity index (χ4n) is 2.93. The fourth-order valence-corrected chi connectivity index (χ4v) is 3.21. The molecule has 1 aromatic carbocycles. The maximum absolute atomic E-state index is 12.6. The minimum atomic E-state index is -0.237. The molecule has 28 heavy (non-hydrogen) atoms. The van der Waals surface area contributed by atoms with E-state index < -0.39 is 0 Å². The normalized spacial score (nSPS) is 16.5. The van der Waals surface area contributed by atoms with Crippen molar-refractivity contribution in [1.29, 1.82) is 0 Å². The molecule has 1 aromatic heterocycles. The van der Waals surface area contributed by atoms with Gasteiger partial charge in [-0.25, -0.2) is 9.97 Å². The van der Waals surface area contributed by atoms with Crippen molar-refractivity contribution >= 4 is 29.1 Å². The van der Waals surface area contributed by atoms with E-state index in [2.05, 4.69) is 25.9 Å². The minimum absolute atomic E-state index is 0.0148. The number of aliphatic hydroxyl groups excluding tert-OH is 1. The molecule has 150 valence electrons. The number of aromatic nitrogens is 2. The van der Waals surface area contributed by atoms with Gasteiger partial charge in [0.25, 0.3) is 0 Å². The molecule has 1 amide bonds. The van der Waals surface area contributed by atoms with Gasteiger partial charge in [0.15, 0.2) is 0 Å². The lowest BCUT2D eigenvalue weighted by Crippen LogP contribution is -2.38. The number of nitrogens with one attached hydrogen (secondary N) is 3. The number of benzene rings is 1. The number of nitrogens with zero attached hydrogens (tertiary/aromatic N) is 2. The first-order valence-corrected chi connectivity index (χ1v) is 9.45. The zero-order valence-electron chi connectivity index (χ0n) is 15.8. The van der Waals surface area contributed by atoms with Crippen LogP contribution in [0.5, 0.6) is 5.75 Å². The molecule has 1 aliphatic rings. The monoisotopic (exact) mass is 405 g/mol. The molecule has 0 aliphatic carbocycles. The molecule has 1 aliphatic heterocycles. The zero-order chi connectivity index (χ0) is 20.1. The van der Waals surface area contributed by atoms with Gasteiger partial charge in [0.05, 0.1) is 42.2 Å². The standard InChI is InChI=1S/C19H24ClN5O3/c1-11(10-26)24-19-23-9-16-15(25-19)6-13(8-21-16)18(27)22-7-12-3-4-17(28-2)14(20)5-12/h3-5,9,11,13,21,26H,6-8,10H2,1-2H3,(H,22,27)(H,23,24,25)/t11-,13?/m0/s1. The Bertz CT molecular complexity index is 848. The number of amides is 1. The number of aliphatic hydroxyl groups is 1. The molecule has 2 aromatic rings. The van der Waals surface area contributed by atoms with Crippen LogP contribution in [-0.2, 0) is 17.8 Å². The van der Waals surface area contributed by atoms with Crippen LogP contribution in [0.25, 0.3) is 0 Å². The van der Waals surface area contributed by atoms with E-state index >= 15 is 0 Å². The van der Waals surface area contributed by atoms with E-state index in [4.69, 9.17) is 21.4 Å². The summed E-state index contributed by atoms with van der Waals surface area (Å²) < 4.78 is 5.14. The van der Waals surface area contributed by atoms with E-state index in [1.807, 2.05) is 13.0 Å². The number of carbonyl (C=O) groups is 1. The number of rotatable bonds is 7. The molecule has 0 bridgehead atoms. The second-order valence-corrected chi connectivity index (χ2v) is 7.16. The smallest absolute Gasteiger partial charge is 0.225 e. The van der Waals surface area contributed by atoms with Gasteiger partial charge < -0.3 is 25.8 Å². The van der Waals surface area contributed by atoms with E-state index in [9.17, 15) is 4.79 Å². The largest absolute Gasteiger partial charge is 0.495 e. The predicted molar refractivity (Wildman–Crippen MR) is 108 cm³/mol. The van der Waals surface area contributed by atoms with Gasteiger partial charge in [-0.05, 0) is 24.6 Å². The van der Waals surface area contributed by atoms with Gasteiger partial charge in [0.2, 0.25) is 11.9 Å². The molecule has 1 unspecified atom stereocenters. The van der Waals surface area contributed by atoms with Gasteiger partial charge in [0.1, 0.15) is 5.75 Å². The molecule has 2 atom stereocenters. The molecule has 3 rings (SSSR count). The lowest BCUT2D eigenvalue weighted by atomic mass is 9.97. The minimum Gasteiger partial charge on any atom is -0.495 e. The molecule has 0 saturated heterocycles. The number of carbonyl (C=O) groups excluding carboxylic acids is 1. The average molecular weight is 406 g/mol. The summed E-state index contributed by atoms with van der Waals surface area (Å²) in [6.07, 6.45) is 2.21. The number of hydrogen-bond acceptors (Lipinski definition) is 7. The molecule has 0 spiro atoms. The Balaban J connectivity index is 1.60. The molecule has 0 radical (unpaired) electrons. The quantitative estimate of drug-likeness (QED) is 0.556. The van der Waals surface area contributed by atoms with Crippen molar-refractivity contribution in [1.82, 2.24) is 15.3 Å². The second-order valence-electron chi connectivity index (χ2n) is 6.75. The van der Waals surface area contributed by atoms with Crippen molar-refractivity contribution in [3.63, 3.8) is 0 Å². The van der Waals surface area contributed by atoms with Crippen LogP contribution in [-0.4, -0.2) is 47.3 Å². The van der Waals surface area contributed by atoms with Crippen molar-refractivity contribution in [3.05, 3.63) is 40.7 Å². The number of fused-ring (bicyclic) bond motifs is 1. The van der Waals surface area contributed by atoms with Crippen LogP contribution >= 0.6 is 11.6 Å². The Kier molecular flexibility index (Phi) is 6.53. The van der Waals surface area contributed by atoms with Crippen LogP contribution in [0.4, 0.5) is 11.6 Å². The Morgan fingerprint density at radius 3 is 3.04 bits per heavy atom. The Morgan fingerprint density at radius 1 is 1.50 bits per heavy atom. The molecule has 2 heterocycles. The predicted octanol–water partition coefficient (Wildman–Crippen LogP) is 1.83. The Hall–Kier alpha value is -2.58. The molecule has 8 nitrogen and oxygen atoms in total. The van der Waals surface area contributed by atoms with E-state index in [1.165, 1.54) is 0 Å². The highest BCUT2D eigenvalue weighted by molar-refractivity contribution is 6.32. The number of halogens is 1. The third kappa shape index (κ3) is 4.82. The van der Waals surface area contributed by atoms with Crippen LogP contribution in [0.3, 0.4) is 0 Å². The highest BCUT2D eigenvalue weighted by Gasteiger charge is 2.26. The summed E-state index contributed by atoms with van der Waals surface area (Å²) in [4.78, 5) is 21.3. The molecular weight excluding hydrogens is 382 g/mol. The van der Waals surface area contributed by atoms with Gasteiger partial charge in [-0.1, -0.05) is 17.7 Å². The van der Waals surface area contributed by atoms with Crippen molar-refractivity contribution in [2.75, 3.05) is 30.9 Å². The van der Waals surface area contributed by atoms with Gasteiger partial charge in [0, 0.05) is 25.6 Å². The zero-order valence-corrected chi connectivity index (χ0v) is 16.6. The maximum atomic E-state index is 12.6. The third-order valence-corrected chi connectivity index (χ3v) is 4.84. The average Bonchev–Trinajstić information content (AvgIpc) is 2.71. The second kappa shape index (κ2) is 9.07. The van der Waals surface area contributed by atoms with Crippen molar-refractivity contribution < 1.29 is 14.6 Å². The Morgan fingerprint density at radius 2 is 2.32 bits per heavy atom. The summed E-state index contributed by atoms with van der Waals surface area (Å²) in [5.74, 6) is 0.752. The number of anilines is 2. The van der Waals surface area contributed by atoms with Gasteiger partial charge in [-0.3, -0.25) is 4.79 Å². The van der Waals surface area contributed by atoms with E-state index in [0.29, 0.717) is 36.2 Å². The number of methoxy groups -OCH3 is 1. The summed E-state index contributed by atoms with van der Waals surface area (Å²) in [5, 5.41) is 18.8. The highest BCUT2D eigenvalue weighted by Crippen LogP contribution is 2.26. The van der Waals surface area contributed by atoms with Crippen LogP contribution < -0.4 is 20.7 Å². The summed E-state index contributed by atoms with van der Waals surface area (Å²) >= 11 is 6.13. The maximum Gasteiger partial charge on any atom is 0.225 e. The van der Waals surface area contributed by atoms with Crippen LogP contribution in [0.1, 0.15) is 18.2 Å². The summed E-state index contributed by atoms with van der Waals surface area (Å²) in [6.45, 7) is 2.73. The number of ether oxygens (including phenoxy) is 1. The van der Waals surface area contributed by atoms with Gasteiger partial charge in [-0.15, -0.1) is 0 Å². The summed E-state index contributed by atoms with van der Waals surface area (Å²) in [6, 6.07) is 5.28. The van der Waals surface area contributed by atoms with E-state index in [1.54, 1.807) is 25.4 Å². The van der Waals surface area contributed by atoms with Crippen LogP contribution in [0.15, 0.2) is 24.4 Å². The lowest BCUT2D eigenvalue weighted by Gasteiger charge is -2.25. The molecule has 0 fully saturated rings. The molecular formula is C19H24ClN5O3. The van der Waals surface area contributed by atoms with Gasteiger partial charge in [-0.2, -0.15) is 0 Å². The SMILES string of the molecule is COc1ccc(CNC(=O)C2CNc3cnc(N[C@@H](C)CO)nc3C2)cc1Cl. The van der Waals surface area contributed by atoms with E-state index in [-0.39, 0.29) is 24.5 Å². The molecule has 0 saturated carbocycles. The fraction of sp³-hybridized carbons (Fsp3) is 0.421. The Labute approximate surface area is 168 Å². The van der Waals surface area contributed by atoms with Crippen molar-refractivity contribution in [3.8, 4) is 5.75 Å². The number of hydrogen-bond donors (Lipinski definition) is 4. The first-order chi connectivity index (χ1) is 13.5.